The third-order valence-electron chi connectivity index (χ3n) is 6.46. The molecular weight excluding hydrogens is 405 g/mol. The zero-order valence-electron chi connectivity index (χ0n) is 18.8. The summed E-state index contributed by atoms with van der Waals surface area (Å²) in [6, 6.07) is 11.0. The Hall–Kier alpha value is -2.71. The minimum absolute atomic E-state index is 0.243. The first kappa shape index (κ1) is 21.5. The fourth-order valence-electron chi connectivity index (χ4n) is 4.55. The summed E-state index contributed by atoms with van der Waals surface area (Å²) in [7, 11) is 0. The molecular formula is C26H28FN3S. The quantitative estimate of drug-likeness (QED) is 0.407. The summed E-state index contributed by atoms with van der Waals surface area (Å²) < 4.78 is 15.4. The van der Waals surface area contributed by atoms with Gasteiger partial charge in [0.1, 0.15) is 16.9 Å². The molecule has 0 aliphatic heterocycles. The van der Waals surface area contributed by atoms with Gasteiger partial charge in [0, 0.05) is 33.7 Å². The number of thiophene rings is 1. The predicted octanol–water partition coefficient (Wildman–Crippen LogP) is 7.07. The number of hydrogen-bond acceptors (Lipinski definition) is 3. The largest absolute Gasteiger partial charge is 0.318 e. The molecule has 0 unspecified atom stereocenters. The molecule has 0 saturated heterocycles. The highest BCUT2D eigenvalue weighted by molar-refractivity contribution is 7.16. The highest BCUT2D eigenvalue weighted by Gasteiger charge is 2.32. The molecule has 2 aromatic heterocycles. The molecule has 160 valence electrons. The number of halogens is 1. The Labute approximate surface area is 187 Å². The summed E-state index contributed by atoms with van der Waals surface area (Å²) in [5.74, 6) is 0.393. The van der Waals surface area contributed by atoms with Gasteiger partial charge >= 0.3 is 0 Å². The fourth-order valence-corrected chi connectivity index (χ4v) is 5.77. The van der Waals surface area contributed by atoms with Crippen LogP contribution in [0.3, 0.4) is 0 Å². The van der Waals surface area contributed by atoms with Crippen LogP contribution in [0.1, 0.15) is 60.1 Å². The van der Waals surface area contributed by atoms with Crippen LogP contribution >= 0.6 is 11.3 Å². The minimum Gasteiger partial charge on any atom is -0.318 e. The maximum absolute atomic E-state index is 13.3. The number of nitrogens with zero attached hydrogens (tertiary/aromatic N) is 3. The fraction of sp³-hybridized carbons (Fsp3) is 0.385. The van der Waals surface area contributed by atoms with Crippen LogP contribution < -0.4 is 0 Å². The van der Waals surface area contributed by atoms with Crippen molar-refractivity contribution in [3.05, 3.63) is 69.1 Å². The van der Waals surface area contributed by atoms with Crippen molar-refractivity contribution in [1.82, 2.24) is 4.57 Å². The predicted molar refractivity (Wildman–Crippen MR) is 126 cm³/mol. The highest BCUT2D eigenvalue weighted by atomic mass is 32.1. The number of hydrogen-bond donors (Lipinski definition) is 0. The van der Waals surface area contributed by atoms with Crippen molar-refractivity contribution in [1.29, 1.82) is 5.26 Å². The van der Waals surface area contributed by atoms with E-state index in [1.807, 2.05) is 20.1 Å². The SMILES string of the molecule is Cc1cc(C=Nc2sc3c(c2C#N)CC[C@H](C(C)(C)C)C3)c(C)n1-c1ccc(F)cc1. The summed E-state index contributed by atoms with van der Waals surface area (Å²) >= 11 is 1.67. The smallest absolute Gasteiger partial charge is 0.134 e. The average Bonchev–Trinajstić information content (AvgIpc) is 3.22. The van der Waals surface area contributed by atoms with E-state index in [-0.39, 0.29) is 11.2 Å². The van der Waals surface area contributed by atoms with E-state index in [1.165, 1.54) is 22.6 Å². The summed E-state index contributed by atoms with van der Waals surface area (Å²) in [6.45, 7) is 11.0. The summed E-state index contributed by atoms with van der Waals surface area (Å²) in [6.07, 6.45) is 4.99. The summed E-state index contributed by atoms with van der Waals surface area (Å²) in [5, 5.41) is 10.6. The van der Waals surface area contributed by atoms with Crippen molar-refractivity contribution in [3.8, 4) is 11.8 Å². The third-order valence-corrected chi connectivity index (χ3v) is 7.62. The highest BCUT2D eigenvalue weighted by Crippen LogP contribution is 2.44. The zero-order valence-corrected chi connectivity index (χ0v) is 19.6. The van der Waals surface area contributed by atoms with Crippen LogP contribution in [0.2, 0.25) is 0 Å². The molecule has 1 aliphatic rings. The van der Waals surface area contributed by atoms with Crippen LogP contribution in [0, 0.1) is 42.3 Å². The normalized spacial score (nSPS) is 16.5. The van der Waals surface area contributed by atoms with E-state index in [0.29, 0.717) is 5.92 Å². The molecule has 0 N–H and O–H groups in total. The number of aliphatic imine (C=N–C) groups is 1. The second-order valence-electron chi connectivity index (χ2n) is 9.50. The lowest BCUT2D eigenvalue weighted by Crippen LogP contribution is -2.26. The van der Waals surface area contributed by atoms with E-state index in [9.17, 15) is 9.65 Å². The number of fused-ring (bicyclic) bond motifs is 1. The molecule has 0 radical (unpaired) electrons. The lowest BCUT2D eigenvalue weighted by molar-refractivity contribution is 0.218. The van der Waals surface area contributed by atoms with Gasteiger partial charge in [-0.15, -0.1) is 11.3 Å². The van der Waals surface area contributed by atoms with E-state index in [4.69, 9.17) is 4.99 Å². The van der Waals surface area contributed by atoms with E-state index >= 15 is 0 Å². The molecule has 1 aliphatic carbocycles. The number of rotatable bonds is 3. The standard InChI is InChI=1S/C26H28FN3S/c1-16-12-18(17(2)30(16)21-9-7-20(27)8-10-21)15-29-25-23(14-28)22-11-6-19(26(3,4)5)13-24(22)31-25/h7-10,12,15,19H,6,11,13H2,1-5H3/t19-/m0/s1. The second kappa shape index (κ2) is 8.09. The van der Waals surface area contributed by atoms with Crippen LogP contribution in [-0.2, 0) is 12.8 Å². The lowest BCUT2D eigenvalue weighted by atomic mass is 9.72. The molecule has 0 amide bonds. The zero-order chi connectivity index (χ0) is 22.3. The van der Waals surface area contributed by atoms with Gasteiger partial charge in [-0.3, -0.25) is 0 Å². The number of nitriles is 1. The van der Waals surface area contributed by atoms with Gasteiger partial charge in [0.05, 0.1) is 5.56 Å². The van der Waals surface area contributed by atoms with Crippen molar-refractivity contribution < 1.29 is 4.39 Å². The van der Waals surface area contributed by atoms with Gasteiger partial charge in [-0.1, -0.05) is 20.8 Å². The van der Waals surface area contributed by atoms with E-state index < -0.39 is 0 Å². The molecule has 4 rings (SSSR count). The first-order valence-corrected chi connectivity index (χ1v) is 11.5. The molecule has 0 bridgehead atoms. The Bertz CT molecular complexity index is 1180. The lowest BCUT2D eigenvalue weighted by Gasteiger charge is -2.33. The van der Waals surface area contributed by atoms with Crippen molar-refractivity contribution in [2.24, 2.45) is 16.3 Å². The topological polar surface area (TPSA) is 41.1 Å². The van der Waals surface area contributed by atoms with Crippen LogP contribution in [0.5, 0.6) is 0 Å². The maximum Gasteiger partial charge on any atom is 0.134 e. The minimum atomic E-state index is -0.243. The van der Waals surface area contributed by atoms with Crippen molar-refractivity contribution in [2.45, 2.75) is 53.9 Å². The maximum atomic E-state index is 13.3. The van der Waals surface area contributed by atoms with Gasteiger partial charge in [-0.2, -0.15) is 5.26 Å². The number of aryl methyl sites for hydroxylation is 1. The van der Waals surface area contributed by atoms with Crippen LogP contribution in [0.15, 0.2) is 35.3 Å². The number of aromatic nitrogens is 1. The van der Waals surface area contributed by atoms with Crippen molar-refractivity contribution >= 4 is 22.6 Å². The van der Waals surface area contributed by atoms with Crippen LogP contribution in [-0.4, -0.2) is 10.8 Å². The van der Waals surface area contributed by atoms with Crippen LogP contribution in [0.25, 0.3) is 5.69 Å². The monoisotopic (exact) mass is 433 g/mol. The third kappa shape index (κ3) is 4.09. The molecule has 31 heavy (non-hydrogen) atoms. The van der Waals surface area contributed by atoms with Crippen LogP contribution in [0.4, 0.5) is 9.39 Å². The first-order valence-electron chi connectivity index (χ1n) is 10.7. The van der Waals surface area contributed by atoms with Gasteiger partial charge in [0.2, 0.25) is 0 Å². The van der Waals surface area contributed by atoms with Gasteiger partial charge < -0.3 is 4.57 Å². The molecule has 0 fully saturated rings. The average molecular weight is 434 g/mol. The molecule has 3 nitrogen and oxygen atoms in total. The number of benzene rings is 1. The Morgan fingerprint density at radius 3 is 2.58 bits per heavy atom. The van der Waals surface area contributed by atoms with Gasteiger partial charge in [-0.25, -0.2) is 9.38 Å². The molecule has 2 heterocycles. The van der Waals surface area contributed by atoms with Gasteiger partial charge in [-0.05, 0) is 80.3 Å². The molecule has 1 atom stereocenters. The Morgan fingerprint density at radius 2 is 1.94 bits per heavy atom. The van der Waals surface area contributed by atoms with Crippen molar-refractivity contribution in [3.63, 3.8) is 0 Å². The van der Waals surface area contributed by atoms with Crippen molar-refractivity contribution in [2.75, 3.05) is 0 Å². The van der Waals surface area contributed by atoms with E-state index in [2.05, 4.69) is 37.5 Å². The molecule has 1 aromatic carbocycles. The Balaban J connectivity index is 1.66. The Kier molecular flexibility index (Phi) is 5.61. The molecule has 0 spiro atoms. The second-order valence-corrected chi connectivity index (χ2v) is 10.6. The first-order chi connectivity index (χ1) is 14.7. The molecule has 3 aromatic rings. The molecule has 5 heteroatoms. The molecule has 0 saturated carbocycles. The Morgan fingerprint density at radius 1 is 1.23 bits per heavy atom. The van der Waals surface area contributed by atoms with Gasteiger partial charge in [0.25, 0.3) is 0 Å². The summed E-state index contributed by atoms with van der Waals surface area (Å²) in [5.41, 5.74) is 6.26. The van der Waals surface area contributed by atoms with E-state index in [0.717, 1.165) is 52.5 Å². The van der Waals surface area contributed by atoms with E-state index in [1.54, 1.807) is 23.5 Å². The summed E-state index contributed by atoms with van der Waals surface area (Å²) in [4.78, 5) is 6.09. The van der Waals surface area contributed by atoms with Gasteiger partial charge in [0.15, 0.2) is 0 Å².